The number of para-hydroxylation sites is 1. The maximum Gasteiger partial charge on any atom is 0.134 e. The molecule has 0 radical (unpaired) electrons. The molecule has 2 nitrogen and oxygen atoms in total. The molecule has 76 valence electrons. The highest BCUT2D eigenvalue weighted by Crippen LogP contribution is 2.23. The number of terminal acetylenes is 1. The van der Waals surface area contributed by atoms with Crippen LogP contribution in [0.3, 0.4) is 0 Å². The molecule has 0 aliphatic rings. The first-order valence-electron chi connectivity index (χ1n) is 4.96. The Kier molecular flexibility index (Phi) is 2.75. The van der Waals surface area contributed by atoms with Crippen molar-refractivity contribution in [2.75, 3.05) is 6.54 Å². The predicted octanol–water partition coefficient (Wildman–Crippen LogP) is 2.72. The van der Waals surface area contributed by atoms with Gasteiger partial charge in [0.15, 0.2) is 0 Å². The van der Waals surface area contributed by atoms with E-state index in [2.05, 4.69) is 11.2 Å². The van der Waals surface area contributed by atoms with Gasteiger partial charge in [0.05, 0.1) is 12.6 Å². The molecule has 1 atom stereocenters. The predicted molar refractivity (Wildman–Crippen MR) is 61.5 cm³/mol. The molecule has 2 rings (SSSR count). The summed E-state index contributed by atoms with van der Waals surface area (Å²) in [5, 5.41) is 4.31. The van der Waals surface area contributed by atoms with E-state index >= 15 is 0 Å². The molecule has 1 unspecified atom stereocenters. The lowest BCUT2D eigenvalue weighted by Gasteiger charge is -2.07. The third kappa shape index (κ3) is 2.03. The lowest BCUT2D eigenvalue weighted by Crippen LogP contribution is -2.17. The van der Waals surface area contributed by atoms with Crippen molar-refractivity contribution in [3.05, 3.63) is 36.1 Å². The van der Waals surface area contributed by atoms with E-state index in [0.717, 1.165) is 16.7 Å². The maximum atomic E-state index is 5.70. The largest absolute Gasteiger partial charge is 0.459 e. The molecule has 0 saturated carbocycles. The van der Waals surface area contributed by atoms with Crippen LogP contribution in [0.5, 0.6) is 0 Å². The van der Waals surface area contributed by atoms with Gasteiger partial charge in [0.2, 0.25) is 0 Å². The molecule has 15 heavy (non-hydrogen) atoms. The van der Waals surface area contributed by atoms with Gasteiger partial charge in [0.1, 0.15) is 11.3 Å². The number of hydrogen-bond donors (Lipinski definition) is 1. The second-order valence-corrected chi connectivity index (χ2v) is 3.49. The van der Waals surface area contributed by atoms with Crippen molar-refractivity contribution in [3.8, 4) is 12.3 Å². The number of rotatable bonds is 3. The minimum atomic E-state index is 0.147. The van der Waals surface area contributed by atoms with E-state index in [4.69, 9.17) is 10.8 Å². The number of nitrogens with one attached hydrogen (secondary N) is 1. The van der Waals surface area contributed by atoms with Crippen LogP contribution in [0.1, 0.15) is 18.7 Å². The van der Waals surface area contributed by atoms with Gasteiger partial charge >= 0.3 is 0 Å². The molecule has 1 N–H and O–H groups in total. The summed E-state index contributed by atoms with van der Waals surface area (Å²) in [6.45, 7) is 2.59. The van der Waals surface area contributed by atoms with E-state index in [1.54, 1.807) is 0 Å². The second-order valence-electron chi connectivity index (χ2n) is 3.49. The molecule has 0 bridgehead atoms. The van der Waals surface area contributed by atoms with Crippen LogP contribution in [0.4, 0.5) is 0 Å². The zero-order valence-corrected chi connectivity index (χ0v) is 8.66. The third-order valence-electron chi connectivity index (χ3n) is 2.38. The number of fused-ring (bicyclic) bond motifs is 1. The zero-order chi connectivity index (χ0) is 10.7. The summed E-state index contributed by atoms with van der Waals surface area (Å²) < 4.78 is 5.70. The van der Waals surface area contributed by atoms with Crippen LogP contribution >= 0.6 is 0 Å². The van der Waals surface area contributed by atoms with Gasteiger partial charge in [-0.25, -0.2) is 0 Å². The first kappa shape index (κ1) is 9.82. The summed E-state index contributed by atoms with van der Waals surface area (Å²) in [6.07, 6.45) is 5.19. The van der Waals surface area contributed by atoms with Crippen LogP contribution in [-0.2, 0) is 0 Å². The molecular formula is C13H13NO. The van der Waals surface area contributed by atoms with Crippen LogP contribution in [0.25, 0.3) is 11.0 Å². The first-order valence-corrected chi connectivity index (χ1v) is 4.96. The SMILES string of the molecule is C#CCNC(C)c1cc2ccccc2o1. The minimum Gasteiger partial charge on any atom is -0.459 e. The lowest BCUT2D eigenvalue weighted by atomic mass is 10.2. The summed E-state index contributed by atoms with van der Waals surface area (Å²) in [7, 11) is 0. The van der Waals surface area contributed by atoms with Gasteiger partial charge in [0.25, 0.3) is 0 Å². The zero-order valence-electron chi connectivity index (χ0n) is 8.66. The molecule has 1 heterocycles. The Morgan fingerprint density at radius 3 is 3.00 bits per heavy atom. The fourth-order valence-corrected chi connectivity index (χ4v) is 1.53. The van der Waals surface area contributed by atoms with Gasteiger partial charge < -0.3 is 4.42 Å². The van der Waals surface area contributed by atoms with Crippen molar-refractivity contribution in [3.63, 3.8) is 0 Å². The maximum absolute atomic E-state index is 5.70. The van der Waals surface area contributed by atoms with Crippen LogP contribution in [0.2, 0.25) is 0 Å². The topological polar surface area (TPSA) is 25.2 Å². The van der Waals surface area contributed by atoms with Gasteiger partial charge in [0, 0.05) is 5.39 Å². The highest BCUT2D eigenvalue weighted by molar-refractivity contribution is 5.77. The summed E-state index contributed by atoms with van der Waals surface area (Å²) >= 11 is 0. The summed E-state index contributed by atoms with van der Waals surface area (Å²) in [5.74, 6) is 3.47. The molecule has 2 heteroatoms. The van der Waals surface area contributed by atoms with Crippen molar-refractivity contribution in [2.45, 2.75) is 13.0 Å². The molecular weight excluding hydrogens is 186 g/mol. The van der Waals surface area contributed by atoms with Crippen LogP contribution in [-0.4, -0.2) is 6.54 Å². The number of benzene rings is 1. The molecule has 0 aliphatic heterocycles. The molecule has 1 aromatic carbocycles. The van der Waals surface area contributed by atoms with E-state index in [1.165, 1.54) is 0 Å². The van der Waals surface area contributed by atoms with Crippen molar-refractivity contribution in [1.29, 1.82) is 0 Å². The number of furan rings is 1. The Labute approximate surface area is 89.3 Å². The minimum absolute atomic E-state index is 0.147. The van der Waals surface area contributed by atoms with Gasteiger partial charge in [-0.05, 0) is 19.1 Å². The Morgan fingerprint density at radius 1 is 1.47 bits per heavy atom. The first-order chi connectivity index (χ1) is 7.31. The van der Waals surface area contributed by atoms with E-state index < -0.39 is 0 Å². The summed E-state index contributed by atoms with van der Waals surface area (Å²) in [6, 6.07) is 10.2. The third-order valence-corrected chi connectivity index (χ3v) is 2.38. The molecule has 0 amide bonds. The van der Waals surface area contributed by atoms with E-state index in [9.17, 15) is 0 Å². The fourth-order valence-electron chi connectivity index (χ4n) is 1.53. The number of hydrogen-bond acceptors (Lipinski definition) is 2. The second kappa shape index (κ2) is 4.20. The normalized spacial score (nSPS) is 12.5. The summed E-state index contributed by atoms with van der Waals surface area (Å²) in [4.78, 5) is 0. The summed E-state index contributed by atoms with van der Waals surface area (Å²) in [5.41, 5.74) is 0.918. The quantitative estimate of drug-likeness (QED) is 0.769. The molecule has 0 fully saturated rings. The van der Waals surface area contributed by atoms with Crippen molar-refractivity contribution >= 4 is 11.0 Å². The Morgan fingerprint density at radius 2 is 2.27 bits per heavy atom. The smallest absolute Gasteiger partial charge is 0.134 e. The molecule has 2 aromatic rings. The average Bonchev–Trinajstić information content (AvgIpc) is 2.69. The molecule has 0 aliphatic carbocycles. The van der Waals surface area contributed by atoms with Gasteiger partial charge in [-0.15, -0.1) is 6.42 Å². The van der Waals surface area contributed by atoms with Crippen LogP contribution in [0.15, 0.2) is 34.7 Å². The van der Waals surface area contributed by atoms with Gasteiger partial charge in [-0.2, -0.15) is 0 Å². The highest BCUT2D eigenvalue weighted by atomic mass is 16.3. The van der Waals surface area contributed by atoms with E-state index in [1.807, 2.05) is 37.3 Å². The fraction of sp³-hybridized carbons (Fsp3) is 0.231. The van der Waals surface area contributed by atoms with Crippen molar-refractivity contribution < 1.29 is 4.42 Å². The Hall–Kier alpha value is -1.72. The van der Waals surface area contributed by atoms with Crippen molar-refractivity contribution in [1.82, 2.24) is 5.32 Å². The Balaban J connectivity index is 2.25. The standard InChI is InChI=1S/C13H13NO/c1-3-8-14-10(2)13-9-11-6-4-5-7-12(11)15-13/h1,4-7,9-10,14H,8H2,2H3. The Bertz CT molecular complexity index is 459. The van der Waals surface area contributed by atoms with Gasteiger partial charge in [-0.3, -0.25) is 5.32 Å². The lowest BCUT2D eigenvalue weighted by molar-refractivity contribution is 0.467. The van der Waals surface area contributed by atoms with Crippen LogP contribution in [0, 0.1) is 12.3 Å². The van der Waals surface area contributed by atoms with Crippen molar-refractivity contribution in [2.24, 2.45) is 0 Å². The van der Waals surface area contributed by atoms with Crippen LogP contribution < -0.4 is 5.32 Å². The molecule has 1 aromatic heterocycles. The molecule has 0 spiro atoms. The van der Waals surface area contributed by atoms with Gasteiger partial charge in [-0.1, -0.05) is 24.1 Å². The van der Waals surface area contributed by atoms with E-state index in [0.29, 0.717) is 6.54 Å². The van der Waals surface area contributed by atoms with E-state index in [-0.39, 0.29) is 6.04 Å². The highest BCUT2D eigenvalue weighted by Gasteiger charge is 2.09. The monoisotopic (exact) mass is 199 g/mol. The molecule has 0 saturated heterocycles. The average molecular weight is 199 g/mol.